The van der Waals surface area contributed by atoms with Crippen molar-refractivity contribution >= 4 is 0 Å². The van der Waals surface area contributed by atoms with Gasteiger partial charge in [-0.3, -0.25) is 0 Å². The van der Waals surface area contributed by atoms with Crippen molar-refractivity contribution < 1.29 is 54.3 Å². The van der Waals surface area contributed by atoms with Gasteiger partial charge < -0.3 is 77.3 Å². The van der Waals surface area contributed by atoms with Crippen LogP contribution in [0.3, 0.4) is 0 Å². The molecule has 0 unspecified atom stereocenters. The van der Waals surface area contributed by atoms with Crippen molar-refractivity contribution in [3.8, 4) is 16.9 Å². The number of nitrogens with two attached hydrogens (primary N) is 4. The van der Waals surface area contributed by atoms with E-state index >= 15 is 0 Å². The molecule has 0 bridgehead atoms. The van der Waals surface area contributed by atoms with E-state index in [9.17, 15) is 30.6 Å². The smallest absolute Gasteiger partial charge is 0.187 e. The molecule has 15 nitrogen and oxygen atoms in total. The molecule has 2 aliphatic heterocycles. The molecule has 2 aromatic rings. The van der Waals surface area contributed by atoms with Crippen molar-refractivity contribution in [2.24, 2.45) is 22.9 Å². The molecular formula is C30H44N4O11. The van der Waals surface area contributed by atoms with Crippen LogP contribution in [-0.4, -0.2) is 136 Å². The average molecular weight is 637 g/mol. The van der Waals surface area contributed by atoms with E-state index in [0.717, 1.165) is 11.1 Å². The second-order valence-electron chi connectivity index (χ2n) is 11.8. The van der Waals surface area contributed by atoms with Crippen molar-refractivity contribution in [2.45, 2.75) is 98.2 Å². The van der Waals surface area contributed by atoms with E-state index in [2.05, 4.69) is 0 Å². The molecule has 1 aliphatic carbocycles. The zero-order valence-electron chi connectivity index (χ0n) is 24.5. The number of hydrogen-bond acceptors (Lipinski definition) is 15. The molecule has 0 radical (unpaired) electrons. The van der Waals surface area contributed by atoms with Crippen molar-refractivity contribution in [3.05, 3.63) is 54.6 Å². The van der Waals surface area contributed by atoms with E-state index < -0.39 is 91.7 Å². The van der Waals surface area contributed by atoms with E-state index in [0.29, 0.717) is 5.75 Å². The van der Waals surface area contributed by atoms with Crippen LogP contribution >= 0.6 is 0 Å². The Bertz CT molecular complexity index is 1210. The van der Waals surface area contributed by atoms with Gasteiger partial charge in [0.2, 0.25) is 0 Å². The van der Waals surface area contributed by atoms with Crippen LogP contribution in [0.15, 0.2) is 54.6 Å². The van der Waals surface area contributed by atoms with E-state index in [1.807, 2.05) is 42.5 Å². The normalized spacial score (nSPS) is 42.3. The van der Waals surface area contributed by atoms with Crippen LogP contribution in [0.25, 0.3) is 11.1 Å². The summed E-state index contributed by atoms with van der Waals surface area (Å²) >= 11 is 0. The molecule has 2 saturated heterocycles. The third kappa shape index (κ3) is 7.32. The van der Waals surface area contributed by atoms with Gasteiger partial charge in [0.15, 0.2) is 12.6 Å². The highest BCUT2D eigenvalue weighted by Crippen LogP contribution is 2.32. The summed E-state index contributed by atoms with van der Waals surface area (Å²) in [5.41, 5.74) is 26.3. The SMILES string of the molecule is NC[C@H]1O[C@H](O[C@H]2[C@H](O)[C@@H](O[C@H]3O[C@H](COc4ccc(-c5ccccc5)cc4)[C@@H](O)[C@H](N)[C@H]3O)[C@H](N)C[C@@H]2N)[C@H](O)[C@@H](O)[C@@H]1O. The van der Waals surface area contributed by atoms with Gasteiger partial charge in [-0.15, -0.1) is 0 Å². The lowest BCUT2D eigenvalue weighted by Gasteiger charge is -2.48. The predicted molar refractivity (Wildman–Crippen MR) is 158 cm³/mol. The quantitative estimate of drug-likeness (QED) is 0.128. The monoisotopic (exact) mass is 636 g/mol. The third-order valence-corrected chi connectivity index (χ3v) is 8.68. The fraction of sp³-hybridized carbons (Fsp3) is 0.600. The molecular weight excluding hydrogens is 592 g/mol. The Morgan fingerprint density at radius 2 is 1.18 bits per heavy atom. The summed E-state index contributed by atoms with van der Waals surface area (Å²) in [6.45, 7) is -0.303. The summed E-state index contributed by atoms with van der Waals surface area (Å²) < 4.78 is 29.0. The molecule has 15 atom stereocenters. The highest BCUT2D eigenvalue weighted by molar-refractivity contribution is 5.63. The van der Waals surface area contributed by atoms with Crippen LogP contribution in [0.2, 0.25) is 0 Å². The lowest BCUT2D eigenvalue weighted by Crippen LogP contribution is -2.68. The number of rotatable bonds is 9. The number of ether oxygens (including phenoxy) is 5. The highest BCUT2D eigenvalue weighted by atomic mass is 16.7. The second-order valence-corrected chi connectivity index (χ2v) is 11.8. The number of benzene rings is 2. The molecule has 15 heteroatoms. The molecule has 1 saturated carbocycles. The van der Waals surface area contributed by atoms with E-state index in [-0.39, 0.29) is 19.6 Å². The largest absolute Gasteiger partial charge is 0.491 e. The van der Waals surface area contributed by atoms with Crippen molar-refractivity contribution in [1.29, 1.82) is 0 Å². The molecule has 3 fully saturated rings. The zero-order chi connectivity index (χ0) is 32.4. The number of aliphatic hydroxyl groups is 6. The standard InChI is InChI=1S/C30H44N4O11/c31-11-18-22(36)24(38)25(39)30(42-18)45-28-17(33)10-16(32)27(26(28)40)44-29-23(37)20(34)21(35)19(43-29)12-41-15-8-6-14(7-9-15)13-4-2-1-3-5-13/h1-9,16-30,35-40H,10-12,31-34H2/t16-,17+,18-,19-,20+,21-,22-,23-,24+,25-,26-,27+,28-,29-,30-/m1/s1. The van der Waals surface area contributed by atoms with Crippen molar-refractivity contribution in [2.75, 3.05) is 13.2 Å². The molecule has 3 aliphatic rings. The summed E-state index contributed by atoms with van der Waals surface area (Å²) in [6.07, 6.45) is -16.4. The fourth-order valence-electron chi connectivity index (χ4n) is 5.94. The minimum atomic E-state index is -1.67. The van der Waals surface area contributed by atoms with Crippen molar-refractivity contribution in [1.82, 2.24) is 0 Å². The van der Waals surface area contributed by atoms with Gasteiger partial charge in [0, 0.05) is 18.6 Å². The molecule has 0 spiro atoms. The Labute approximate surface area is 260 Å². The Balaban J connectivity index is 1.23. The lowest BCUT2D eigenvalue weighted by molar-refractivity contribution is -0.331. The van der Waals surface area contributed by atoms with Crippen LogP contribution in [-0.2, 0) is 18.9 Å². The number of aliphatic hydroxyl groups excluding tert-OH is 6. The summed E-state index contributed by atoms with van der Waals surface area (Å²) in [5, 5.41) is 63.5. The second kappa shape index (κ2) is 14.6. The summed E-state index contributed by atoms with van der Waals surface area (Å²) in [7, 11) is 0. The topological polar surface area (TPSA) is 272 Å². The molecule has 0 amide bonds. The zero-order valence-corrected chi connectivity index (χ0v) is 24.5. The number of hydrogen-bond donors (Lipinski definition) is 10. The summed E-state index contributed by atoms with van der Waals surface area (Å²) in [4.78, 5) is 0. The first-order chi connectivity index (χ1) is 21.5. The summed E-state index contributed by atoms with van der Waals surface area (Å²) in [5.74, 6) is 0.517. The first-order valence-electron chi connectivity index (χ1n) is 15.0. The highest BCUT2D eigenvalue weighted by Gasteiger charge is 2.51. The lowest BCUT2D eigenvalue weighted by atomic mass is 9.84. The van der Waals surface area contributed by atoms with E-state index in [1.54, 1.807) is 12.1 Å². The predicted octanol–water partition coefficient (Wildman–Crippen LogP) is -3.54. The van der Waals surface area contributed by atoms with Gasteiger partial charge in [-0.2, -0.15) is 0 Å². The Morgan fingerprint density at radius 1 is 0.622 bits per heavy atom. The minimum Gasteiger partial charge on any atom is -0.491 e. The average Bonchev–Trinajstić information content (AvgIpc) is 3.04. The van der Waals surface area contributed by atoms with E-state index in [4.69, 9.17) is 46.6 Å². The van der Waals surface area contributed by atoms with Gasteiger partial charge >= 0.3 is 0 Å². The maximum atomic E-state index is 11.3. The van der Waals surface area contributed by atoms with Gasteiger partial charge in [-0.1, -0.05) is 42.5 Å². The van der Waals surface area contributed by atoms with Gasteiger partial charge in [-0.05, 0) is 29.7 Å². The first kappa shape index (κ1) is 34.0. The third-order valence-electron chi connectivity index (χ3n) is 8.68. The molecule has 14 N–H and O–H groups in total. The van der Waals surface area contributed by atoms with Crippen LogP contribution < -0.4 is 27.7 Å². The molecule has 250 valence electrons. The maximum Gasteiger partial charge on any atom is 0.187 e. The first-order valence-corrected chi connectivity index (χ1v) is 15.0. The molecule has 2 heterocycles. The van der Waals surface area contributed by atoms with Crippen LogP contribution in [0, 0.1) is 0 Å². The van der Waals surface area contributed by atoms with Crippen LogP contribution in [0.5, 0.6) is 5.75 Å². The molecule has 2 aromatic carbocycles. The van der Waals surface area contributed by atoms with Gasteiger partial charge in [0.1, 0.15) is 73.4 Å². The molecule has 0 aromatic heterocycles. The maximum absolute atomic E-state index is 11.3. The Kier molecular flexibility index (Phi) is 11.1. The van der Waals surface area contributed by atoms with Gasteiger partial charge in [0.05, 0.1) is 6.04 Å². The van der Waals surface area contributed by atoms with Gasteiger partial charge in [-0.25, -0.2) is 0 Å². The summed E-state index contributed by atoms with van der Waals surface area (Å²) in [6, 6.07) is 14.3. The minimum absolute atomic E-state index is 0.0870. The Morgan fingerprint density at radius 3 is 1.78 bits per heavy atom. The molecule has 5 rings (SSSR count). The Hall–Kier alpha value is -2.32. The van der Waals surface area contributed by atoms with E-state index in [1.165, 1.54) is 0 Å². The van der Waals surface area contributed by atoms with Crippen molar-refractivity contribution in [3.63, 3.8) is 0 Å². The van der Waals surface area contributed by atoms with Crippen LogP contribution in [0.1, 0.15) is 6.42 Å². The van der Waals surface area contributed by atoms with Crippen LogP contribution in [0.4, 0.5) is 0 Å². The molecule has 45 heavy (non-hydrogen) atoms. The van der Waals surface area contributed by atoms with Gasteiger partial charge in [0.25, 0.3) is 0 Å². The fourth-order valence-corrected chi connectivity index (χ4v) is 5.94.